The normalized spacial score (nSPS) is 22.1. The van der Waals surface area contributed by atoms with Gasteiger partial charge in [0.25, 0.3) is 5.91 Å². The maximum atomic E-state index is 12.4. The van der Waals surface area contributed by atoms with Crippen LogP contribution in [0.25, 0.3) is 0 Å². The van der Waals surface area contributed by atoms with Crippen molar-refractivity contribution in [3.63, 3.8) is 0 Å². The second kappa shape index (κ2) is 8.63. The minimum Gasteiger partial charge on any atom is -0.451 e. The van der Waals surface area contributed by atoms with Crippen LogP contribution in [-0.2, 0) is 23.9 Å². The van der Waals surface area contributed by atoms with E-state index in [1.807, 2.05) is 31.1 Å². The number of hydrogen-bond acceptors (Lipinski definition) is 6. The molecule has 2 fully saturated rings. The summed E-state index contributed by atoms with van der Waals surface area (Å²) in [6.45, 7) is 1.01. The Morgan fingerprint density at radius 2 is 1.66 bits per heavy atom. The molecule has 1 saturated carbocycles. The molecule has 1 heterocycles. The predicted octanol–water partition coefficient (Wildman–Crippen LogP) is 1.80. The van der Waals surface area contributed by atoms with Crippen LogP contribution in [0.1, 0.15) is 32.6 Å². The number of rotatable bonds is 6. The summed E-state index contributed by atoms with van der Waals surface area (Å²) in [6, 6.07) is 7.23. The number of imide groups is 1. The zero-order valence-corrected chi connectivity index (χ0v) is 17.0. The summed E-state index contributed by atoms with van der Waals surface area (Å²) in [4.78, 5) is 52.3. The number of carbonyl (C=O) groups excluding carboxylic acids is 4. The molecule has 1 aromatic carbocycles. The highest BCUT2D eigenvalue weighted by atomic mass is 16.5. The zero-order valence-electron chi connectivity index (χ0n) is 17.0. The largest absolute Gasteiger partial charge is 0.451 e. The molecule has 8 heteroatoms. The van der Waals surface area contributed by atoms with Gasteiger partial charge in [0.05, 0.1) is 11.8 Å². The maximum absolute atomic E-state index is 12.4. The van der Waals surface area contributed by atoms with Crippen LogP contribution in [0.15, 0.2) is 24.3 Å². The van der Waals surface area contributed by atoms with E-state index in [-0.39, 0.29) is 23.7 Å². The first-order valence-electron chi connectivity index (χ1n) is 9.91. The van der Waals surface area contributed by atoms with E-state index in [9.17, 15) is 19.2 Å². The lowest BCUT2D eigenvalue weighted by molar-refractivity contribution is -0.158. The van der Waals surface area contributed by atoms with E-state index >= 15 is 0 Å². The van der Waals surface area contributed by atoms with Crippen molar-refractivity contribution in [2.45, 2.75) is 38.7 Å². The quantitative estimate of drug-likeness (QED) is 0.577. The maximum Gasteiger partial charge on any atom is 0.326 e. The molecule has 0 radical (unpaired) electrons. The molecule has 3 rings (SSSR count). The lowest BCUT2D eigenvalue weighted by Crippen LogP contribution is -2.39. The zero-order chi connectivity index (χ0) is 21.1. The van der Waals surface area contributed by atoms with Gasteiger partial charge < -0.3 is 15.0 Å². The van der Waals surface area contributed by atoms with Gasteiger partial charge in [-0.2, -0.15) is 0 Å². The standard InChI is InChI=1S/C21H27N3O5/c1-13(19(26)22-14-8-10-15(11-9-14)23(2)3)29-18(25)12-24-20(27)16-6-4-5-7-17(16)21(24)28/h8-11,13,16-17H,4-7,12H2,1-3H3,(H,22,26). The van der Waals surface area contributed by atoms with E-state index < -0.39 is 24.5 Å². The average Bonchev–Trinajstić information content (AvgIpc) is 2.93. The van der Waals surface area contributed by atoms with Crippen LogP contribution in [-0.4, -0.2) is 55.3 Å². The molecule has 156 valence electrons. The number of likely N-dealkylation sites (tertiary alicyclic amines) is 1. The number of benzene rings is 1. The molecular weight excluding hydrogens is 374 g/mol. The molecule has 1 N–H and O–H groups in total. The van der Waals surface area contributed by atoms with Crippen molar-refractivity contribution in [3.8, 4) is 0 Å². The summed E-state index contributed by atoms with van der Waals surface area (Å²) in [6.07, 6.45) is 2.17. The highest BCUT2D eigenvalue weighted by Crippen LogP contribution is 2.37. The van der Waals surface area contributed by atoms with Crippen LogP contribution in [0.3, 0.4) is 0 Å². The lowest BCUT2D eigenvalue weighted by atomic mass is 9.81. The van der Waals surface area contributed by atoms with Gasteiger partial charge in [-0.05, 0) is 44.0 Å². The molecular formula is C21H27N3O5. The molecule has 1 aliphatic carbocycles. The van der Waals surface area contributed by atoms with E-state index in [1.54, 1.807) is 12.1 Å². The summed E-state index contributed by atoms with van der Waals surface area (Å²) in [5.74, 6) is -2.46. The number of amides is 3. The molecule has 2 aliphatic rings. The van der Waals surface area contributed by atoms with Crippen molar-refractivity contribution >= 4 is 35.1 Å². The van der Waals surface area contributed by atoms with Gasteiger partial charge in [0, 0.05) is 25.5 Å². The van der Waals surface area contributed by atoms with Gasteiger partial charge in [-0.1, -0.05) is 12.8 Å². The highest BCUT2D eigenvalue weighted by molar-refractivity contribution is 6.07. The number of nitrogens with one attached hydrogen (secondary N) is 1. The van der Waals surface area contributed by atoms with Crippen molar-refractivity contribution in [1.82, 2.24) is 4.90 Å². The minimum absolute atomic E-state index is 0.297. The molecule has 1 saturated heterocycles. The predicted molar refractivity (Wildman–Crippen MR) is 107 cm³/mol. The Bertz CT molecular complexity index is 781. The molecule has 3 amide bonds. The number of carbonyl (C=O) groups is 4. The SMILES string of the molecule is CC(OC(=O)CN1C(=O)C2CCCCC2C1=O)C(=O)Nc1ccc(N(C)C)cc1. The van der Waals surface area contributed by atoms with E-state index in [1.165, 1.54) is 6.92 Å². The number of esters is 1. The number of ether oxygens (including phenoxy) is 1. The van der Waals surface area contributed by atoms with Crippen molar-refractivity contribution in [2.24, 2.45) is 11.8 Å². The van der Waals surface area contributed by atoms with Crippen LogP contribution in [0.2, 0.25) is 0 Å². The van der Waals surface area contributed by atoms with Gasteiger partial charge in [-0.15, -0.1) is 0 Å². The van der Waals surface area contributed by atoms with E-state index in [2.05, 4.69) is 5.32 Å². The van der Waals surface area contributed by atoms with Gasteiger partial charge in [0.15, 0.2) is 6.10 Å². The third-order valence-electron chi connectivity index (χ3n) is 5.55. The van der Waals surface area contributed by atoms with Crippen molar-refractivity contribution in [3.05, 3.63) is 24.3 Å². The summed E-state index contributed by atoms with van der Waals surface area (Å²) < 4.78 is 5.15. The minimum atomic E-state index is -1.05. The van der Waals surface area contributed by atoms with Gasteiger partial charge in [-0.25, -0.2) is 0 Å². The van der Waals surface area contributed by atoms with Gasteiger partial charge in [0.2, 0.25) is 11.8 Å². The Labute approximate surface area is 170 Å². The number of hydrogen-bond donors (Lipinski definition) is 1. The molecule has 1 aromatic rings. The molecule has 3 atom stereocenters. The second-order valence-corrected chi connectivity index (χ2v) is 7.82. The number of anilines is 2. The van der Waals surface area contributed by atoms with E-state index in [4.69, 9.17) is 4.74 Å². The average molecular weight is 401 g/mol. The topological polar surface area (TPSA) is 96.0 Å². The summed E-state index contributed by atoms with van der Waals surface area (Å²) in [5, 5.41) is 2.68. The second-order valence-electron chi connectivity index (χ2n) is 7.82. The van der Waals surface area contributed by atoms with Crippen LogP contribution in [0.5, 0.6) is 0 Å². The fraction of sp³-hybridized carbons (Fsp3) is 0.524. The van der Waals surface area contributed by atoms with Crippen LogP contribution < -0.4 is 10.2 Å². The van der Waals surface area contributed by atoms with Crippen molar-refractivity contribution in [2.75, 3.05) is 30.9 Å². The highest BCUT2D eigenvalue weighted by Gasteiger charge is 2.48. The van der Waals surface area contributed by atoms with Gasteiger partial charge in [-0.3, -0.25) is 24.1 Å². The van der Waals surface area contributed by atoms with Gasteiger partial charge >= 0.3 is 5.97 Å². The van der Waals surface area contributed by atoms with Gasteiger partial charge in [0.1, 0.15) is 6.54 Å². The van der Waals surface area contributed by atoms with E-state index in [0.29, 0.717) is 18.5 Å². The summed E-state index contributed by atoms with van der Waals surface area (Å²) in [7, 11) is 3.83. The Morgan fingerprint density at radius 1 is 1.10 bits per heavy atom. The summed E-state index contributed by atoms with van der Waals surface area (Å²) in [5.41, 5.74) is 1.57. The Kier molecular flexibility index (Phi) is 6.20. The monoisotopic (exact) mass is 401 g/mol. The smallest absolute Gasteiger partial charge is 0.326 e. The molecule has 3 unspecified atom stereocenters. The van der Waals surface area contributed by atoms with Crippen molar-refractivity contribution < 1.29 is 23.9 Å². The lowest BCUT2D eigenvalue weighted by Gasteiger charge is -2.19. The Hall–Kier alpha value is -2.90. The van der Waals surface area contributed by atoms with E-state index in [0.717, 1.165) is 23.4 Å². The number of fused-ring (bicyclic) bond motifs is 1. The Balaban J connectivity index is 1.52. The van der Waals surface area contributed by atoms with Crippen molar-refractivity contribution in [1.29, 1.82) is 0 Å². The first-order chi connectivity index (χ1) is 13.8. The first-order valence-corrected chi connectivity index (χ1v) is 9.91. The summed E-state index contributed by atoms with van der Waals surface area (Å²) >= 11 is 0. The number of nitrogens with zero attached hydrogens (tertiary/aromatic N) is 2. The molecule has 29 heavy (non-hydrogen) atoms. The fourth-order valence-electron chi connectivity index (χ4n) is 3.89. The van der Waals surface area contributed by atoms with Crippen LogP contribution in [0.4, 0.5) is 11.4 Å². The van der Waals surface area contributed by atoms with Crippen LogP contribution >= 0.6 is 0 Å². The molecule has 0 aromatic heterocycles. The third kappa shape index (κ3) is 4.58. The molecule has 1 aliphatic heterocycles. The molecule has 0 bridgehead atoms. The third-order valence-corrected chi connectivity index (χ3v) is 5.55. The first kappa shape index (κ1) is 20.8. The Morgan fingerprint density at radius 3 is 2.17 bits per heavy atom. The fourth-order valence-corrected chi connectivity index (χ4v) is 3.89. The molecule has 0 spiro atoms. The van der Waals surface area contributed by atoms with Crippen LogP contribution in [0, 0.1) is 11.8 Å². The molecule has 8 nitrogen and oxygen atoms in total.